The van der Waals surface area contributed by atoms with Crippen molar-refractivity contribution in [2.45, 2.75) is 13.0 Å². The van der Waals surface area contributed by atoms with Crippen molar-refractivity contribution in [2.75, 3.05) is 5.32 Å². The van der Waals surface area contributed by atoms with Crippen LogP contribution in [0, 0.1) is 0 Å². The first-order chi connectivity index (χ1) is 9.63. The summed E-state index contributed by atoms with van der Waals surface area (Å²) in [6, 6.07) is 11.1. The molecule has 0 spiro atoms. The molecule has 0 bridgehead atoms. The van der Waals surface area contributed by atoms with Gasteiger partial charge in [0.05, 0.1) is 6.04 Å². The van der Waals surface area contributed by atoms with Crippen LogP contribution in [0.2, 0.25) is 5.02 Å². The molecular weight excluding hydrogens is 278 g/mol. The van der Waals surface area contributed by atoms with Crippen molar-refractivity contribution in [3.05, 3.63) is 57.5 Å². The Hall–Kier alpha value is -2.34. The smallest absolute Gasteiger partial charge is 0.362 e. The summed E-state index contributed by atoms with van der Waals surface area (Å²) < 4.78 is 1.22. The standard InChI is InChI=1S/C13H12ClN5O/c1-8(9-3-2-4-10(14)7-9)15-11-5-6-12-16-17-13(20)19(12)18-11/h2-8H,1H3,(H,15,18)(H,17,20). The lowest BCUT2D eigenvalue weighted by Crippen LogP contribution is -2.15. The number of benzene rings is 1. The summed E-state index contributed by atoms with van der Waals surface area (Å²) >= 11 is 5.97. The summed E-state index contributed by atoms with van der Waals surface area (Å²) in [7, 11) is 0. The minimum Gasteiger partial charge on any atom is -0.362 e. The van der Waals surface area contributed by atoms with E-state index in [-0.39, 0.29) is 11.7 Å². The summed E-state index contributed by atoms with van der Waals surface area (Å²) in [4.78, 5) is 11.5. The van der Waals surface area contributed by atoms with Gasteiger partial charge in [0.1, 0.15) is 5.82 Å². The molecule has 0 amide bonds. The molecule has 0 aliphatic carbocycles. The second-order valence-corrected chi connectivity index (χ2v) is 4.87. The van der Waals surface area contributed by atoms with E-state index < -0.39 is 0 Å². The lowest BCUT2D eigenvalue weighted by Gasteiger charge is -2.14. The number of aromatic nitrogens is 4. The van der Waals surface area contributed by atoms with Gasteiger partial charge in [-0.15, -0.1) is 5.10 Å². The zero-order chi connectivity index (χ0) is 14.1. The fraction of sp³-hybridized carbons (Fsp3) is 0.154. The van der Waals surface area contributed by atoms with E-state index in [1.165, 1.54) is 4.52 Å². The van der Waals surface area contributed by atoms with Gasteiger partial charge in [0.2, 0.25) is 0 Å². The lowest BCUT2D eigenvalue weighted by atomic mass is 10.1. The molecule has 2 N–H and O–H groups in total. The first kappa shape index (κ1) is 12.7. The van der Waals surface area contributed by atoms with Crippen molar-refractivity contribution in [3.63, 3.8) is 0 Å². The first-order valence-electron chi connectivity index (χ1n) is 6.10. The molecule has 0 fully saturated rings. The number of hydrogen-bond acceptors (Lipinski definition) is 4. The van der Waals surface area contributed by atoms with Gasteiger partial charge in [0.15, 0.2) is 5.65 Å². The Morgan fingerprint density at radius 3 is 3.00 bits per heavy atom. The largest absolute Gasteiger partial charge is 0.364 e. The molecule has 1 unspecified atom stereocenters. The van der Waals surface area contributed by atoms with Crippen LogP contribution in [0.1, 0.15) is 18.5 Å². The van der Waals surface area contributed by atoms with Crippen molar-refractivity contribution < 1.29 is 0 Å². The highest BCUT2D eigenvalue weighted by Gasteiger charge is 2.08. The second-order valence-electron chi connectivity index (χ2n) is 4.44. The van der Waals surface area contributed by atoms with Crippen molar-refractivity contribution in [3.8, 4) is 0 Å². The second kappa shape index (κ2) is 4.97. The highest BCUT2D eigenvalue weighted by Crippen LogP contribution is 2.20. The van der Waals surface area contributed by atoms with Gasteiger partial charge in [-0.1, -0.05) is 23.7 Å². The summed E-state index contributed by atoms with van der Waals surface area (Å²) in [6.07, 6.45) is 0. The van der Waals surface area contributed by atoms with Crippen LogP contribution in [0.3, 0.4) is 0 Å². The predicted octanol–water partition coefficient (Wildman–Crippen LogP) is 2.24. The molecule has 7 heteroatoms. The Balaban J connectivity index is 1.88. The van der Waals surface area contributed by atoms with Crippen molar-refractivity contribution >= 4 is 23.1 Å². The molecule has 2 aromatic heterocycles. The number of fused-ring (bicyclic) bond motifs is 1. The zero-order valence-electron chi connectivity index (χ0n) is 10.7. The molecular formula is C13H12ClN5O. The Kier molecular flexibility index (Phi) is 3.15. The van der Waals surface area contributed by atoms with Crippen molar-refractivity contribution in [2.24, 2.45) is 0 Å². The Morgan fingerprint density at radius 2 is 2.20 bits per heavy atom. The van der Waals surface area contributed by atoms with Crippen LogP contribution in [-0.4, -0.2) is 19.8 Å². The molecule has 2 heterocycles. The van der Waals surface area contributed by atoms with Crippen LogP contribution >= 0.6 is 11.6 Å². The average molecular weight is 290 g/mol. The molecule has 3 aromatic rings. The molecule has 6 nitrogen and oxygen atoms in total. The Labute approximate surface area is 119 Å². The van der Waals surface area contributed by atoms with Gasteiger partial charge in [-0.3, -0.25) is 0 Å². The highest BCUT2D eigenvalue weighted by atomic mass is 35.5. The van der Waals surface area contributed by atoms with Gasteiger partial charge in [-0.05, 0) is 36.8 Å². The average Bonchev–Trinajstić information content (AvgIpc) is 2.80. The molecule has 0 saturated heterocycles. The Morgan fingerprint density at radius 1 is 1.35 bits per heavy atom. The van der Waals surface area contributed by atoms with Gasteiger partial charge in [-0.2, -0.15) is 9.61 Å². The van der Waals surface area contributed by atoms with Crippen LogP contribution in [0.15, 0.2) is 41.2 Å². The number of aromatic amines is 1. The normalized spacial score (nSPS) is 12.5. The van der Waals surface area contributed by atoms with Gasteiger partial charge in [0, 0.05) is 5.02 Å². The summed E-state index contributed by atoms with van der Waals surface area (Å²) in [5.41, 5.74) is 1.16. The fourth-order valence-electron chi connectivity index (χ4n) is 1.96. The van der Waals surface area contributed by atoms with E-state index in [4.69, 9.17) is 11.6 Å². The fourth-order valence-corrected chi connectivity index (χ4v) is 2.16. The molecule has 102 valence electrons. The molecule has 3 rings (SSSR count). The maximum atomic E-state index is 11.5. The maximum Gasteiger partial charge on any atom is 0.364 e. The van der Waals surface area contributed by atoms with Gasteiger partial charge >= 0.3 is 5.69 Å². The molecule has 1 atom stereocenters. The number of nitrogens with zero attached hydrogens (tertiary/aromatic N) is 3. The summed E-state index contributed by atoms with van der Waals surface area (Å²) in [5.74, 6) is 0.591. The van der Waals surface area contributed by atoms with E-state index in [1.807, 2.05) is 31.2 Å². The first-order valence-corrected chi connectivity index (χ1v) is 6.48. The monoisotopic (exact) mass is 289 g/mol. The third-order valence-corrected chi connectivity index (χ3v) is 3.22. The summed E-state index contributed by atoms with van der Waals surface area (Å²) in [6.45, 7) is 2.00. The van der Waals surface area contributed by atoms with E-state index in [2.05, 4.69) is 20.6 Å². The van der Waals surface area contributed by atoms with E-state index in [0.717, 1.165) is 5.56 Å². The van der Waals surface area contributed by atoms with Gasteiger partial charge in [0.25, 0.3) is 0 Å². The molecule has 0 saturated carbocycles. The number of rotatable bonds is 3. The van der Waals surface area contributed by atoms with Crippen LogP contribution in [-0.2, 0) is 0 Å². The topological polar surface area (TPSA) is 75.1 Å². The van der Waals surface area contributed by atoms with Crippen LogP contribution < -0.4 is 11.0 Å². The van der Waals surface area contributed by atoms with Crippen LogP contribution in [0.5, 0.6) is 0 Å². The maximum absolute atomic E-state index is 11.5. The minimum atomic E-state index is -0.362. The molecule has 0 aliphatic rings. The van der Waals surface area contributed by atoms with E-state index in [0.29, 0.717) is 16.5 Å². The minimum absolute atomic E-state index is 0.0150. The highest BCUT2D eigenvalue weighted by molar-refractivity contribution is 6.30. The van der Waals surface area contributed by atoms with E-state index in [1.54, 1.807) is 12.1 Å². The number of anilines is 1. The molecule has 0 aliphatic heterocycles. The number of H-pyrrole nitrogens is 1. The molecule has 20 heavy (non-hydrogen) atoms. The quantitative estimate of drug-likeness (QED) is 0.775. The SMILES string of the molecule is CC(Nc1ccc2n[nH]c(=O)n2n1)c1cccc(Cl)c1. The van der Waals surface area contributed by atoms with E-state index >= 15 is 0 Å². The Bertz CT molecular complexity index is 810. The van der Waals surface area contributed by atoms with Crippen LogP contribution in [0.4, 0.5) is 5.82 Å². The van der Waals surface area contributed by atoms with Crippen molar-refractivity contribution in [1.82, 2.24) is 19.8 Å². The van der Waals surface area contributed by atoms with Gasteiger partial charge in [-0.25, -0.2) is 9.89 Å². The molecule has 0 radical (unpaired) electrons. The number of hydrogen-bond donors (Lipinski definition) is 2. The third-order valence-electron chi connectivity index (χ3n) is 2.99. The van der Waals surface area contributed by atoms with Gasteiger partial charge < -0.3 is 5.32 Å². The summed E-state index contributed by atoms with van der Waals surface area (Å²) in [5, 5.41) is 14.3. The zero-order valence-corrected chi connectivity index (χ0v) is 11.4. The number of nitrogens with one attached hydrogen (secondary N) is 2. The third kappa shape index (κ3) is 2.37. The number of halogens is 1. The van der Waals surface area contributed by atoms with E-state index in [9.17, 15) is 4.79 Å². The predicted molar refractivity (Wildman–Crippen MR) is 77.1 cm³/mol. The lowest BCUT2D eigenvalue weighted by molar-refractivity contribution is 0.830. The molecule has 1 aromatic carbocycles. The van der Waals surface area contributed by atoms with Crippen LogP contribution in [0.25, 0.3) is 5.65 Å². The van der Waals surface area contributed by atoms with Crippen molar-refractivity contribution in [1.29, 1.82) is 0 Å².